The lowest BCUT2D eigenvalue weighted by Gasteiger charge is -2.31. The summed E-state index contributed by atoms with van der Waals surface area (Å²) in [7, 11) is 0. The van der Waals surface area contributed by atoms with Gasteiger partial charge in [-0.25, -0.2) is 14.2 Å². The van der Waals surface area contributed by atoms with Gasteiger partial charge in [-0.3, -0.25) is 4.79 Å². The van der Waals surface area contributed by atoms with E-state index in [1.54, 1.807) is 17.0 Å². The zero-order chi connectivity index (χ0) is 31.1. The number of unbranched alkanes of at least 4 members (excludes halogenated alkanes) is 2. The summed E-state index contributed by atoms with van der Waals surface area (Å²) >= 11 is 0. The Labute approximate surface area is 257 Å². The van der Waals surface area contributed by atoms with Crippen molar-refractivity contribution >= 4 is 29.2 Å². The summed E-state index contributed by atoms with van der Waals surface area (Å²) in [4.78, 5) is 32.0. The predicted molar refractivity (Wildman–Crippen MR) is 171 cm³/mol. The van der Waals surface area contributed by atoms with E-state index >= 15 is 0 Å². The molecule has 0 unspecified atom stereocenters. The van der Waals surface area contributed by atoms with Crippen molar-refractivity contribution in [1.82, 2.24) is 19.8 Å². The van der Waals surface area contributed by atoms with Gasteiger partial charge in [-0.2, -0.15) is 0 Å². The van der Waals surface area contributed by atoms with E-state index in [1.807, 2.05) is 60.0 Å². The summed E-state index contributed by atoms with van der Waals surface area (Å²) in [6.07, 6.45) is 2.41. The van der Waals surface area contributed by atoms with Crippen LogP contribution in [-0.2, 0) is 24.3 Å². The van der Waals surface area contributed by atoms with Crippen molar-refractivity contribution in [1.29, 1.82) is 0 Å². The Morgan fingerprint density at radius 3 is 2.34 bits per heavy atom. The van der Waals surface area contributed by atoms with Gasteiger partial charge in [0.05, 0.1) is 6.54 Å². The molecule has 44 heavy (non-hydrogen) atoms. The minimum Gasteiger partial charge on any atom is -0.465 e. The lowest BCUT2D eigenvalue weighted by atomic mass is 10.0. The number of aryl methyl sites for hydroxylation is 1. The third kappa shape index (κ3) is 7.55. The molecule has 3 aromatic carbocycles. The second-order valence-corrected chi connectivity index (χ2v) is 11.2. The summed E-state index contributed by atoms with van der Waals surface area (Å²) in [5.74, 6) is 0.773. The van der Waals surface area contributed by atoms with Crippen LogP contribution in [0.2, 0.25) is 0 Å². The fourth-order valence-electron chi connectivity index (χ4n) is 5.40. The van der Waals surface area contributed by atoms with Gasteiger partial charge in [-0.05, 0) is 67.4 Å². The molecule has 2 amide bonds. The smallest absolute Gasteiger partial charge is 0.405 e. The lowest BCUT2D eigenvalue weighted by Crippen LogP contribution is -2.51. The summed E-state index contributed by atoms with van der Waals surface area (Å²) in [5.41, 5.74) is 5.27. The van der Waals surface area contributed by atoms with E-state index in [0.717, 1.165) is 53.3 Å². The van der Waals surface area contributed by atoms with Gasteiger partial charge in [0.15, 0.2) is 0 Å². The number of fused-ring (bicyclic) bond motifs is 1. The molecule has 0 saturated heterocycles. The van der Waals surface area contributed by atoms with E-state index < -0.39 is 12.1 Å². The van der Waals surface area contributed by atoms with Crippen LogP contribution in [0.3, 0.4) is 0 Å². The molecule has 1 aromatic heterocycles. The molecule has 0 saturated carbocycles. The Morgan fingerprint density at radius 2 is 1.66 bits per heavy atom. The highest BCUT2D eigenvalue weighted by Crippen LogP contribution is 2.33. The van der Waals surface area contributed by atoms with Gasteiger partial charge in [0.2, 0.25) is 5.91 Å². The molecule has 10 heteroatoms. The topological polar surface area (TPSA) is 112 Å². The Kier molecular flexibility index (Phi) is 9.79. The van der Waals surface area contributed by atoms with Gasteiger partial charge in [0, 0.05) is 43.0 Å². The highest BCUT2D eigenvalue weighted by atomic mass is 19.1. The van der Waals surface area contributed by atoms with Crippen molar-refractivity contribution in [2.24, 2.45) is 0 Å². The number of anilines is 3. The van der Waals surface area contributed by atoms with Gasteiger partial charge in [0.1, 0.15) is 29.2 Å². The van der Waals surface area contributed by atoms with Crippen molar-refractivity contribution in [3.8, 4) is 11.3 Å². The van der Waals surface area contributed by atoms with Crippen LogP contribution in [0.15, 0.2) is 72.8 Å². The first kappa shape index (κ1) is 30.6. The second-order valence-electron chi connectivity index (χ2n) is 11.2. The Bertz CT molecular complexity index is 1570. The van der Waals surface area contributed by atoms with E-state index in [9.17, 15) is 19.1 Å². The molecule has 0 spiro atoms. The van der Waals surface area contributed by atoms with E-state index in [-0.39, 0.29) is 24.7 Å². The van der Waals surface area contributed by atoms with Crippen molar-refractivity contribution in [3.05, 3.63) is 95.6 Å². The van der Waals surface area contributed by atoms with Gasteiger partial charge in [0.25, 0.3) is 0 Å². The van der Waals surface area contributed by atoms with Crippen LogP contribution in [0, 0.1) is 12.7 Å². The minimum atomic E-state index is -1.25. The highest BCUT2D eigenvalue weighted by molar-refractivity contribution is 5.86. The average molecular weight is 599 g/mol. The molecule has 0 bridgehead atoms. The first-order chi connectivity index (χ1) is 21.3. The van der Waals surface area contributed by atoms with Gasteiger partial charge >= 0.3 is 6.09 Å². The molecule has 9 nitrogen and oxygen atoms in total. The first-order valence-corrected chi connectivity index (χ1v) is 15.1. The molecule has 230 valence electrons. The van der Waals surface area contributed by atoms with Crippen molar-refractivity contribution < 1.29 is 19.1 Å². The SMILES string of the molecule is CCCCCNc1ccc(C[C@H](NC(=O)O)C(=O)N2CCn3c(nc(-c4ccc(F)cc4)c3Nc3ccc(C)cc3)C2)cc1. The van der Waals surface area contributed by atoms with E-state index in [1.165, 1.54) is 18.6 Å². The number of halogens is 1. The van der Waals surface area contributed by atoms with Crippen molar-refractivity contribution in [2.75, 3.05) is 23.7 Å². The number of rotatable bonds is 12. The molecular formula is C34H39FN6O3. The maximum absolute atomic E-state index is 13.7. The fourth-order valence-corrected chi connectivity index (χ4v) is 5.40. The van der Waals surface area contributed by atoms with Crippen molar-refractivity contribution in [2.45, 2.75) is 58.7 Å². The molecule has 1 aliphatic heterocycles. The summed E-state index contributed by atoms with van der Waals surface area (Å²) < 4.78 is 15.8. The van der Waals surface area contributed by atoms with E-state index in [4.69, 9.17) is 4.98 Å². The summed E-state index contributed by atoms with van der Waals surface area (Å²) in [6, 6.07) is 21.0. The minimum absolute atomic E-state index is 0.209. The molecule has 0 aliphatic carbocycles. The van der Waals surface area contributed by atoms with Crippen LogP contribution in [0.4, 0.5) is 26.4 Å². The highest BCUT2D eigenvalue weighted by Gasteiger charge is 2.31. The maximum Gasteiger partial charge on any atom is 0.405 e. The number of amides is 2. The van der Waals surface area contributed by atoms with Crippen LogP contribution in [0.1, 0.15) is 43.1 Å². The summed E-state index contributed by atoms with van der Waals surface area (Å²) in [5, 5.41) is 18.9. The number of nitrogens with one attached hydrogen (secondary N) is 3. The molecule has 0 fully saturated rings. The zero-order valence-electron chi connectivity index (χ0n) is 25.1. The Hall–Kier alpha value is -4.86. The largest absolute Gasteiger partial charge is 0.465 e. The average Bonchev–Trinajstić information content (AvgIpc) is 3.38. The fraction of sp³-hybridized carbons (Fsp3) is 0.324. The van der Waals surface area contributed by atoms with Gasteiger partial charge < -0.3 is 30.5 Å². The van der Waals surface area contributed by atoms with Crippen LogP contribution >= 0.6 is 0 Å². The molecule has 5 rings (SSSR count). The normalized spacial score (nSPS) is 13.2. The number of carbonyl (C=O) groups is 2. The predicted octanol–water partition coefficient (Wildman–Crippen LogP) is 6.56. The standard InChI is InChI=1S/C34H39FN6O3/c1-3-4-5-18-36-27-16-8-24(9-17-27)21-29(38-34(43)44)33(42)40-19-20-41-30(22-40)39-31(25-10-12-26(35)13-11-25)32(41)37-28-14-6-23(2)7-15-28/h6-17,29,36-38H,3-5,18-22H2,1-2H3,(H,43,44)/t29-/m0/s1. The monoisotopic (exact) mass is 598 g/mol. The zero-order valence-corrected chi connectivity index (χ0v) is 25.1. The number of aromatic nitrogens is 2. The van der Waals surface area contributed by atoms with Gasteiger partial charge in [-0.15, -0.1) is 0 Å². The van der Waals surface area contributed by atoms with Crippen molar-refractivity contribution in [3.63, 3.8) is 0 Å². The lowest BCUT2D eigenvalue weighted by molar-refractivity contribution is -0.134. The number of benzene rings is 3. The Balaban J connectivity index is 1.35. The number of hydrogen-bond donors (Lipinski definition) is 4. The molecule has 1 atom stereocenters. The number of nitrogens with zero attached hydrogens (tertiary/aromatic N) is 3. The first-order valence-electron chi connectivity index (χ1n) is 15.1. The Morgan fingerprint density at radius 1 is 0.955 bits per heavy atom. The quantitative estimate of drug-likeness (QED) is 0.137. The summed E-state index contributed by atoms with van der Waals surface area (Å²) in [6.45, 7) is 6.13. The number of hydrogen-bond acceptors (Lipinski definition) is 5. The third-order valence-corrected chi connectivity index (χ3v) is 7.82. The van der Waals surface area contributed by atoms with Crippen LogP contribution in [-0.4, -0.2) is 50.7 Å². The van der Waals surface area contributed by atoms with Gasteiger partial charge in [-0.1, -0.05) is 49.6 Å². The molecule has 4 N–H and O–H groups in total. The van der Waals surface area contributed by atoms with Crippen LogP contribution < -0.4 is 16.0 Å². The van der Waals surface area contributed by atoms with Crippen LogP contribution in [0.5, 0.6) is 0 Å². The molecule has 1 aliphatic rings. The molecule has 2 heterocycles. The molecule has 4 aromatic rings. The van der Waals surface area contributed by atoms with Crippen LogP contribution in [0.25, 0.3) is 11.3 Å². The van der Waals surface area contributed by atoms with E-state index in [0.29, 0.717) is 24.6 Å². The maximum atomic E-state index is 13.7. The van der Waals surface area contributed by atoms with E-state index in [2.05, 4.69) is 22.9 Å². The second kappa shape index (κ2) is 14.1. The molecule has 0 radical (unpaired) electrons. The molecular weight excluding hydrogens is 559 g/mol. The number of carboxylic acid groups (broad SMARTS) is 1. The number of carbonyl (C=O) groups excluding carboxylic acids is 1. The number of imidazole rings is 1. The third-order valence-electron chi connectivity index (χ3n) is 7.82.